The van der Waals surface area contributed by atoms with Gasteiger partial charge >= 0.3 is 0 Å². The molecule has 0 aliphatic carbocycles. The molecule has 1 aliphatic heterocycles. The summed E-state index contributed by atoms with van der Waals surface area (Å²) in [6.45, 7) is 5.32. The zero-order chi connectivity index (χ0) is 16.6. The first-order valence-electron chi connectivity index (χ1n) is 7.88. The third-order valence-corrected chi connectivity index (χ3v) is 5.59. The first-order chi connectivity index (χ1) is 11.0. The molecule has 6 nitrogen and oxygen atoms in total. The third-order valence-electron chi connectivity index (χ3n) is 4.47. The fourth-order valence-electron chi connectivity index (χ4n) is 2.98. The predicted octanol–water partition coefficient (Wildman–Crippen LogP) is 1.45. The van der Waals surface area contributed by atoms with E-state index < -0.39 is 6.10 Å². The van der Waals surface area contributed by atoms with Gasteiger partial charge in [0.2, 0.25) is 5.91 Å². The minimum Gasteiger partial charge on any atom is -0.391 e. The van der Waals surface area contributed by atoms with Gasteiger partial charge in [0.15, 0.2) is 0 Å². The normalized spacial score (nSPS) is 18.6. The van der Waals surface area contributed by atoms with Crippen LogP contribution >= 0.6 is 11.3 Å². The van der Waals surface area contributed by atoms with Crippen LogP contribution in [0.4, 0.5) is 0 Å². The standard InChI is InChI=1S/C16H21N3O3S/c1-10-11(2)23-15-14(10)16(22)19(9-17-15)7-5-13(21)18-6-3-4-12(20)8-18/h9,12,20H,3-8H2,1-2H3. The largest absolute Gasteiger partial charge is 0.391 e. The Bertz CT molecular complexity index is 796. The van der Waals surface area contributed by atoms with Gasteiger partial charge in [-0.1, -0.05) is 0 Å². The Morgan fingerprint density at radius 3 is 3.00 bits per heavy atom. The molecule has 124 valence electrons. The first kappa shape index (κ1) is 16.1. The number of piperidine rings is 1. The fourth-order valence-corrected chi connectivity index (χ4v) is 3.97. The molecular weight excluding hydrogens is 314 g/mol. The highest BCUT2D eigenvalue weighted by Crippen LogP contribution is 2.25. The van der Waals surface area contributed by atoms with Gasteiger partial charge in [0.05, 0.1) is 17.8 Å². The summed E-state index contributed by atoms with van der Waals surface area (Å²) in [5, 5.41) is 10.3. The number of fused-ring (bicyclic) bond motifs is 1. The minimum atomic E-state index is -0.426. The summed E-state index contributed by atoms with van der Waals surface area (Å²) < 4.78 is 1.51. The number of nitrogens with zero attached hydrogens (tertiary/aromatic N) is 3. The predicted molar refractivity (Wildman–Crippen MR) is 89.8 cm³/mol. The Labute approximate surface area is 138 Å². The van der Waals surface area contributed by atoms with Crippen molar-refractivity contribution in [3.63, 3.8) is 0 Å². The second-order valence-electron chi connectivity index (χ2n) is 6.09. The molecule has 1 N–H and O–H groups in total. The molecule has 3 heterocycles. The van der Waals surface area contributed by atoms with Crippen LogP contribution in [-0.4, -0.2) is 44.7 Å². The van der Waals surface area contributed by atoms with E-state index in [2.05, 4.69) is 4.98 Å². The number of carbonyl (C=O) groups excluding carboxylic acids is 1. The van der Waals surface area contributed by atoms with Gasteiger partial charge < -0.3 is 10.0 Å². The topological polar surface area (TPSA) is 75.4 Å². The van der Waals surface area contributed by atoms with E-state index in [4.69, 9.17) is 0 Å². The number of hydrogen-bond acceptors (Lipinski definition) is 5. The van der Waals surface area contributed by atoms with Crippen LogP contribution in [0.3, 0.4) is 0 Å². The monoisotopic (exact) mass is 335 g/mol. The maximum absolute atomic E-state index is 12.6. The van der Waals surface area contributed by atoms with E-state index in [1.807, 2.05) is 13.8 Å². The van der Waals surface area contributed by atoms with Crippen LogP contribution in [-0.2, 0) is 11.3 Å². The van der Waals surface area contributed by atoms with Crippen molar-refractivity contribution in [3.8, 4) is 0 Å². The Morgan fingerprint density at radius 2 is 2.26 bits per heavy atom. The number of aliphatic hydroxyl groups is 1. The molecule has 0 aromatic carbocycles. The molecule has 1 saturated heterocycles. The molecule has 3 rings (SSSR count). The summed E-state index contributed by atoms with van der Waals surface area (Å²) in [5.74, 6) is -0.0195. The number of amides is 1. The molecule has 7 heteroatoms. The molecule has 1 fully saturated rings. The first-order valence-corrected chi connectivity index (χ1v) is 8.70. The van der Waals surface area contributed by atoms with E-state index in [0.717, 1.165) is 28.1 Å². The number of thiophene rings is 1. The smallest absolute Gasteiger partial charge is 0.262 e. The maximum atomic E-state index is 12.6. The zero-order valence-corrected chi connectivity index (χ0v) is 14.2. The van der Waals surface area contributed by atoms with Gasteiger partial charge in [-0.15, -0.1) is 11.3 Å². The zero-order valence-electron chi connectivity index (χ0n) is 13.4. The molecule has 1 amide bonds. The number of aryl methyl sites for hydroxylation is 3. The Morgan fingerprint density at radius 1 is 1.48 bits per heavy atom. The van der Waals surface area contributed by atoms with Crippen molar-refractivity contribution in [2.24, 2.45) is 0 Å². The van der Waals surface area contributed by atoms with Crippen LogP contribution in [0.1, 0.15) is 29.7 Å². The number of carbonyl (C=O) groups is 1. The lowest BCUT2D eigenvalue weighted by molar-refractivity contribution is -0.134. The van der Waals surface area contributed by atoms with Gasteiger partial charge in [-0.2, -0.15) is 0 Å². The molecule has 1 atom stereocenters. The summed E-state index contributed by atoms with van der Waals surface area (Å²) in [6, 6.07) is 0. The van der Waals surface area contributed by atoms with Gasteiger partial charge in [-0.05, 0) is 32.3 Å². The molecule has 1 unspecified atom stereocenters. The molecule has 0 saturated carbocycles. The van der Waals surface area contributed by atoms with Crippen molar-refractivity contribution in [1.82, 2.24) is 14.5 Å². The summed E-state index contributed by atoms with van der Waals surface area (Å²) in [6.07, 6.45) is 2.93. The summed E-state index contributed by atoms with van der Waals surface area (Å²) in [5.41, 5.74) is 0.894. The van der Waals surface area contributed by atoms with Crippen LogP contribution in [0.5, 0.6) is 0 Å². The van der Waals surface area contributed by atoms with E-state index in [9.17, 15) is 14.7 Å². The van der Waals surface area contributed by atoms with Crippen molar-refractivity contribution in [2.75, 3.05) is 13.1 Å². The summed E-state index contributed by atoms with van der Waals surface area (Å²) in [7, 11) is 0. The van der Waals surface area contributed by atoms with Crippen molar-refractivity contribution in [2.45, 2.75) is 45.8 Å². The van der Waals surface area contributed by atoms with Gasteiger partial charge in [0.1, 0.15) is 4.83 Å². The third kappa shape index (κ3) is 3.16. The number of hydrogen-bond donors (Lipinski definition) is 1. The molecule has 23 heavy (non-hydrogen) atoms. The van der Waals surface area contributed by atoms with E-state index in [0.29, 0.717) is 25.0 Å². The van der Waals surface area contributed by atoms with Gasteiger partial charge in [0, 0.05) is 30.9 Å². The van der Waals surface area contributed by atoms with Crippen molar-refractivity contribution in [3.05, 3.63) is 27.1 Å². The van der Waals surface area contributed by atoms with E-state index in [1.165, 1.54) is 22.2 Å². The highest BCUT2D eigenvalue weighted by molar-refractivity contribution is 7.18. The van der Waals surface area contributed by atoms with Crippen LogP contribution in [0, 0.1) is 13.8 Å². The number of β-amino-alcohol motifs (C(OH)–C–C–N with tert-alkyl or cyclic N) is 1. The second-order valence-corrected chi connectivity index (χ2v) is 7.30. The van der Waals surface area contributed by atoms with E-state index in [1.54, 1.807) is 4.90 Å². The maximum Gasteiger partial charge on any atom is 0.262 e. The van der Waals surface area contributed by atoms with Crippen molar-refractivity contribution in [1.29, 1.82) is 0 Å². The van der Waals surface area contributed by atoms with Crippen LogP contribution < -0.4 is 5.56 Å². The number of aromatic nitrogens is 2. The average molecular weight is 335 g/mol. The Balaban J connectivity index is 1.74. The fraction of sp³-hybridized carbons (Fsp3) is 0.562. The van der Waals surface area contributed by atoms with E-state index in [-0.39, 0.29) is 17.9 Å². The lowest BCUT2D eigenvalue weighted by atomic mass is 10.1. The molecule has 0 spiro atoms. The average Bonchev–Trinajstić information content (AvgIpc) is 2.82. The Hall–Kier alpha value is -1.73. The lowest BCUT2D eigenvalue weighted by Gasteiger charge is -2.30. The van der Waals surface area contributed by atoms with Crippen LogP contribution in [0.15, 0.2) is 11.1 Å². The Kier molecular flexibility index (Phi) is 4.50. The quantitative estimate of drug-likeness (QED) is 0.921. The van der Waals surface area contributed by atoms with Crippen molar-refractivity contribution < 1.29 is 9.90 Å². The number of aliphatic hydroxyl groups excluding tert-OH is 1. The lowest BCUT2D eigenvalue weighted by Crippen LogP contribution is -2.42. The molecule has 2 aromatic heterocycles. The minimum absolute atomic E-state index is 0.0195. The van der Waals surface area contributed by atoms with Crippen LogP contribution in [0.2, 0.25) is 0 Å². The molecule has 2 aromatic rings. The molecular formula is C16H21N3O3S. The SMILES string of the molecule is Cc1sc2ncn(CCC(=O)N3CCCC(O)C3)c(=O)c2c1C. The van der Waals surface area contributed by atoms with Crippen LogP contribution in [0.25, 0.3) is 10.2 Å². The highest BCUT2D eigenvalue weighted by Gasteiger charge is 2.22. The van der Waals surface area contributed by atoms with Crippen molar-refractivity contribution >= 4 is 27.5 Å². The highest BCUT2D eigenvalue weighted by atomic mass is 32.1. The molecule has 0 bridgehead atoms. The number of rotatable bonds is 3. The molecule has 0 radical (unpaired) electrons. The summed E-state index contributed by atoms with van der Waals surface area (Å²) >= 11 is 1.52. The summed E-state index contributed by atoms with van der Waals surface area (Å²) in [4.78, 5) is 32.7. The van der Waals surface area contributed by atoms with Gasteiger partial charge in [-0.3, -0.25) is 14.2 Å². The second kappa shape index (κ2) is 6.41. The van der Waals surface area contributed by atoms with Gasteiger partial charge in [0.25, 0.3) is 5.56 Å². The number of likely N-dealkylation sites (tertiary alicyclic amines) is 1. The van der Waals surface area contributed by atoms with E-state index >= 15 is 0 Å². The van der Waals surface area contributed by atoms with Gasteiger partial charge in [-0.25, -0.2) is 4.98 Å². The molecule has 1 aliphatic rings.